The van der Waals surface area contributed by atoms with Crippen LogP contribution in [0.2, 0.25) is 0 Å². The van der Waals surface area contributed by atoms with Gasteiger partial charge in [-0.1, -0.05) is 35.2 Å². The number of fused-ring (bicyclic) bond motifs is 4. The molecule has 0 saturated carbocycles. The Morgan fingerprint density at radius 2 is 1.52 bits per heavy atom. The molecule has 0 saturated heterocycles. The minimum Gasteiger partial charge on any atom is -0.486 e. The summed E-state index contributed by atoms with van der Waals surface area (Å²) >= 11 is 0. The van der Waals surface area contributed by atoms with E-state index in [0.29, 0.717) is 5.71 Å². The fourth-order valence-electron chi connectivity index (χ4n) is 5.25. The summed E-state index contributed by atoms with van der Waals surface area (Å²) in [6, 6.07) is 40.7. The van der Waals surface area contributed by atoms with Crippen molar-refractivity contribution >= 4 is 33.0 Å². The van der Waals surface area contributed by atoms with Gasteiger partial charge in [0, 0.05) is 55.2 Å². The number of hydrogen-bond acceptors (Lipinski definition) is 5. The van der Waals surface area contributed by atoms with Crippen LogP contribution in [-0.2, 0) is 20.1 Å². The number of aromatic nitrogens is 4. The molecule has 8 rings (SSSR count). The molecule has 3 aromatic carbocycles. The molecule has 0 N–H and O–H groups in total. The van der Waals surface area contributed by atoms with Gasteiger partial charge in [0.1, 0.15) is 0 Å². The summed E-state index contributed by atoms with van der Waals surface area (Å²) in [5.41, 5.74) is 10.5. The van der Waals surface area contributed by atoms with E-state index in [1.54, 1.807) is 6.20 Å². The van der Waals surface area contributed by atoms with Gasteiger partial charge in [-0.05, 0) is 84.4 Å². The molecule has 1 radical (unpaired) electrons. The molecule has 0 aliphatic heterocycles. The average Bonchev–Trinajstić information content (AvgIpc) is 3.43. The fraction of sp³-hybridized carbons (Fsp3) is 0.0526. The van der Waals surface area contributed by atoms with Gasteiger partial charge in [-0.2, -0.15) is 0 Å². The second-order valence-corrected chi connectivity index (χ2v) is 10.3. The first-order valence-electron chi connectivity index (χ1n) is 14.0. The third-order valence-electron chi connectivity index (χ3n) is 7.36. The molecular weight excluding hydrogens is 721 g/mol. The van der Waals surface area contributed by atoms with Gasteiger partial charge in [-0.25, -0.2) is 4.98 Å². The van der Waals surface area contributed by atoms with Crippen molar-refractivity contribution in [1.29, 1.82) is 0 Å². The van der Waals surface area contributed by atoms with Crippen LogP contribution in [0.15, 0.2) is 126 Å². The zero-order valence-corrected chi connectivity index (χ0v) is 26.5. The zero-order chi connectivity index (χ0) is 29.2. The Bertz CT molecular complexity index is 2180. The van der Waals surface area contributed by atoms with Crippen LogP contribution in [0.1, 0.15) is 11.3 Å². The summed E-state index contributed by atoms with van der Waals surface area (Å²) in [4.78, 5) is 17.9. The Kier molecular flexibility index (Phi) is 8.38. The Morgan fingerprint density at radius 1 is 0.659 bits per heavy atom. The number of hydrogen-bond donors (Lipinski definition) is 0. The summed E-state index contributed by atoms with van der Waals surface area (Å²) in [6.07, 6.45) is 5.46. The van der Waals surface area contributed by atoms with Crippen LogP contribution in [0.5, 0.6) is 0 Å². The molecule has 5 heterocycles. The number of nitrogens with zero attached hydrogens (tertiary/aromatic N) is 4. The van der Waals surface area contributed by atoms with E-state index >= 15 is 0 Å². The molecule has 0 aliphatic rings. The molecular formula is C38H26IrN4O-2. The molecule has 0 atom stereocenters. The number of rotatable bonds is 3. The van der Waals surface area contributed by atoms with Crippen LogP contribution in [-0.4, -0.2) is 19.9 Å². The number of benzene rings is 3. The normalized spacial score (nSPS) is 10.8. The molecule has 6 heteroatoms. The molecule has 0 bridgehead atoms. The van der Waals surface area contributed by atoms with Gasteiger partial charge in [0.05, 0.1) is 11.1 Å². The predicted octanol–water partition coefficient (Wildman–Crippen LogP) is 9.22. The van der Waals surface area contributed by atoms with Crippen molar-refractivity contribution < 1.29 is 24.5 Å². The van der Waals surface area contributed by atoms with Crippen molar-refractivity contribution in [3.63, 3.8) is 0 Å². The number of aryl methyl sites for hydroxylation is 2. The molecule has 0 fully saturated rings. The third-order valence-corrected chi connectivity index (χ3v) is 7.36. The quantitative estimate of drug-likeness (QED) is 0.169. The van der Waals surface area contributed by atoms with Gasteiger partial charge in [0.15, 0.2) is 0 Å². The summed E-state index contributed by atoms with van der Waals surface area (Å²) in [7, 11) is 0. The molecule has 8 aromatic rings. The average molecular weight is 747 g/mol. The van der Waals surface area contributed by atoms with Crippen LogP contribution < -0.4 is 0 Å². The van der Waals surface area contributed by atoms with Gasteiger partial charge in [-0.3, -0.25) is 4.98 Å². The van der Waals surface area contributed by atoms with Crippen molar-refractivity contribution in [1.82, 2.24) is 19.9 Å². The Hall–Kier alpha value is -5.03. The van der Waals surface area contributed by atoms with E-state index in [4.69, 9.17) is 4.42 Å². The standard InChI is InChI=1S/C27H18N3O.C11H8N.Ir/c1-16-13-24-19(5-4-11-28-24)14-23(16)18-10-12-29-25(15-18)22-7-3-6-20-21-9-8-17(2)30-27(21)31-26(20)22;1-2-6-10(7-3-1)11-8-4-5-9-12-11;/h3-6,8-15H,1-2H3;1-6,8-9H;/q2*-1;. The Balaban J connectivity index is 0.000000222. The maximum absolute atomic E-state index is 6.16. The molecule has 0 aliphatic carbocycles. The van der Waals surface area contributed by atoms with E-state index in [0.717, 1.165) is 61.0 Å². The molecule has 5 aromatic heterocycles. The summed E-state index contributed by atoms with van der Waals surface area (Å²) in [5, 5.41) is 3.15. The second-order valence-electron chi connectivity index (χ2n) is 10.3. The maximum atomic E-state index is 6.16. The predicted molar refractivity (Wildman–Crippen MR) is 172 cm³/mol. The molecule has 44 heavy (non-hydrogen) atoms. The number of furan rings is 1. The van der Waals surface area contributed by atoms with Crippen LogP contribution in [0.4, 0.5) is 0 Å². The summed E-state index contributed by atoms with van der Waals surface area (Å²) in [6.45, 7) is 4.08. The van der Waals surface area contributed by atoms with E-state index in [2.05, 4.69) is 69.3 Å². The smallest absolute Gasteiger partial charge is 0.216 e. The first-order chi connectivity index (χ1) is 21.1. The maximum Gasteiger partial charge on any atom is 0.216 e. The van der Waals surface area contributed by atoms with E-state index in [-0.39, 0.29) is 20.1 Å². The van der Waals surface area contributed by atoms with Gasteiger partial charge in [0.2, 0.25) is 5.71 Å². The first kappa shape index (κ1) is 29.1. The molecule has 0 spiro atoms. The second kappa shape index (κ2) is 12.7. The minimum atomic E-state index is 0. The van der Waals surface area contributed by atoms with Crippen LogP contribution in [0.25, 0.3) is 66.6 Å². The zero-order valence-electron chi connectivity index (χ0n) is 24.1. The van der Waals surface area contributed by atoms with Gasteiger partial charge in [0.25, 0.3) is 0 Å². The van der Waals surface area contributed by atoms with E-state index in [1.165, 1.54) is 11.1 Å². The van der Waals surface area contributed by atoms with E-state index in [9.17, 15) is 0 Å². The minimum absolute atomic E-state index is 0. The van der Waals surface area contributed by atoms with Crippen molar-refractivity contribution in [2.45, 2.75) is 13.8 Å². The van der Waals surface area contributed by atoms with Crippen molar-refractivity contribution in [3.05, 3.63) is 145 Å². The monoisotopic (exact) mass is 747 g/mol. The van der Waals surface area contributed by atoms with Gasteiger partial charge in [-0.15, -0.1) is 54.1 Å². The summed E-state index contributed by atoms with van der Waals surface area (Å²) in [5.74, 6) is 0. The van der Waals surface area contributed by atoms with Gasteiger partial charge >= 0.3 is 0 Å². The summed E-state index contributed by atoms with van der Waals surface area (Å²) < 4.78 is 6.16. The van der Waals surface area contributed by atoms with Crippen LogP contribution >= 0.6 is 0 Å². The van der Waals surface area contributed by atoms with E-state index in [1.807, 2.05) is 92.1 Å². The molecule has 0 unspecified atom stereocenters. The molecule has 215 valence electrons. The largest absolute Gasteiger partial charge is 0.486 e. The van der Waals surface area contributed by atoms with Gasteiger partial charge < -0.3 is 14.4 Å². The fourth-order valence-corrected chi connectivity index (χ4v) is 5.25. The molecule has 5 nitrogen and oxygen atoms in total. The Morgan fingerprint density at radius 3 is 2.36 bits per heavy atom. The molecule has 0 amide bonds. The van der Waals surface area contributed by atoms with Crippen molar-refractivity contribution in [2.24, 2.45) is 0 Å². The van der Waals surface area contributed by atoms with Crippen molar-refractivity contribution in [3.8, 4) is 33.6 Å². The van der Waals surface area contributed by atoms with E-state index < -0.39 is 0 Å². The first-order valence-corrected chi connectivity index (χ1v) is 14.0. The van der Waals surface area contributed by atoms with Crippen LogP contribution in [0.3, 0.4) is 0 Å². The van der Waals surface area contributed by atoms with Crippen molar-refractivity contribution in [2.75, 3.05) is 0 Å². The number of pyridine rings is 4. The Labute approximate surface area is 269 Å². The van der Waals surface area contributed by atoms with Crippen LogP contribution in [0, 0.1) is 26.0 Å². The SMILES string of the molecule is Cc1ccc2c(n1)oc1c(-c3cc(-c4cc5cccnc5cc4C)ccn3)[c-]ccc12.[Ir].[c-]1ccccc1-c1ccccn1. The third kappa shape index (κ3) is 5.78. The topological polar surface area (TPSA) is 64.7 Å².